The molecular weight excluding hydrogens is 527 g/mol. The maximum Gasteiger partial charge on any atom is 0.460 e. The maximum absolute atomic E-state index is 14.1. The Hall–Kier alpha value is -1.89. The van der Waals surface area contributed by atoms with Crippen LogP contribution in [0.3, 0.4) is 0 Å². The number of Topliss-reactive ketones (excluding diaryl/α,β-unsaturated/α-hetero) is 2. The van der Waals surface area contributed by atoms with Gasteiger partial charge in [-0.15, -0.1) is 0 Å². The molecule has 0 amide bonds. The van der Waals surface area contributed by atoms with Crippen molar-refractivity contribution in [3.8, 4) is 0 Å². The van der Waals surface area contributed by atoms with E-state index >= 15 is 0 Å². The summed E-state index contributed by atoms with van der Waals surface area (Å²) in [5.41, 5.74) is -12.7. The normalized spacial score (nSPS) is 18.5. The van der Waals surface area contributed by atoms with Gasteiger partial charge in [0.1, 0.15) is 0 Å². The molecule has 3 nitrogen and oxygen atoms in total. The summed E-state index contributed by atoms with van der Waals surface area (Å²) < 4.78 is 219. The molecule has 0 saturated carbocycles. The first-order chi connectivity index (χ1) is 14.1. The molecule has 0 aromatic heterocycles. The first-order valence-corrected chi connectivity index (χ1v) is 7.45. The molecule has 0 aliphatic rings. The Morgan fingerprint density at radius 3 is 1.21 bits per heavy atom. The molecule has 2 atom stereocenters. The molecule has 0 fully saturated rings. The van der Waals surface area contributed by atoms with Crippen LogP contribution in [0, 0.1) is 0 Å². The molecule has 1 N–H and O–H groups in total. The van der Waals surface area contributed by atoms with Gasteiger partial charge in [0.15, 0.2) is 5.78 Å². The van der Waals surface area contributed by atoms with Gasteiger partial charge in [-0.2, -0.15) is 57.1 Å². The zero-order chi connectivity index (χ0) is 27.3. The molecule has 0 unspecified atom stereocenters. The van der Waals surface area contributed by atoms with Gasteiger partial charge in [0, 0.05) is 0 Å². The summed E-state index contributed by atoms with van der Waals surface area (Å²) in [5, 5.41) is 8.25. The number of carbonyl (C=O) groups is 2. The third kappa shape index (κ3) is 5.13. The monoisotopic (exact) mass is 534 g/mol. The van der Waals surface area contributed by atoms with E-state index < -0.39 is 78.6 Å². The summed E-state index contributed by atoms with van der Waals surface area (Å²) in [6.07, 6.45) is -29.5. The van der Waals surface area contributed by atoms with Gasteiger partial charge in [0.2, 0.25) is 5.78 Å². The van der Waals surface area contributed by atoms with Gasteiger partial charge in [0.25, 0.3) is 17.3 Å². The Kier molecular flexibility index (Phi) is 7.92. The van der Waals surface area contributed by atoms with Crippen LogP contribution in [0.2, 0.25) is 0 Å². The first kappa shape index (κ1) is 31.1. The molecule has 0 aliphatic carbocycles. The van der Waals surface area contributed by atoms with E-state index in [1.54, 1.807) is 0 Å². The Balaban J connectivity index is 6.45. The standard InChI is InChI=1S/C13H7F17O3/c14-6(3-31,11(22,23)24)4(32)2-8(16,17)7(15,12(25,26)27)1-5(33)9(18,19)10(20,21)13(28,29)30/h31H,1-3H2/t6-,7+/m1/s1. The van der Waals surface area contributed by atoms with Gasteiger partial charge >= 0.3 is 30.4 Å². The molecule has 0 aliphatic heterocycles. The number of hydrogen-bond acceptors (Lipinski definition) is 3. The van der Waals surface area contributed by atoms with Gasteiger partial charge in [0.05, 0.1) is 19.4 Å². The molecular formula is C13H7F17O3. The fourth-order valence-electron chi connectivity index (χ4n) is 1.94. The lowest BCUT2D eigenvalue weighted by Gasteiger charge is -2.37. The number of alkyl halides is 17. The van der Waals surface area contributed by atoms with Crippen LogP contribution in [-0.2, 0) is 9.59 Å². The zero-order valence-electron chi connectivity index (χ0n) is 14.8. The summed E-state index contributed by atoms with van der Waals surface area (Å²) in [6.45, 7) is -3.05. The largest absolute Gasteiger partial charge is 0.460 e. The van der Waals surface area contributed by atoms with Crippen molar-refractivity contribution in [1.82, 2.24) is 0 Å². The van der Waals surface area contributed by atoms with Gasteiger partial charge in [-0.1, -0.05) is 0 Å². The van der Waals surface area contributed by atoms with Crippen molar-refractivity contribution in [2.45, 2.75) is 60.5 Å². The van der Waals surface area contributed by atoms with Crippen molar-refractivity contribution in [3.63, 3.8) is 0 Å². The summed E-state index contributed by atoms with van der Waals surface area (Å²) in [5.74, 6) is -29.8. The van der Waals surface area contributed by atoms with E-state index in [0.29, 0.717) is 0 Å². The third-order valence-electron chi connectivity index (χ3n) is 4.03. The summed E-state index contributed by atoms with van der Waals surface area (Å²) >= 11 is 0. The molecule has 0 rings (SSSR count). The fraction of sp³-hybridized carbons (Fsp3) is 0.846. The van der Waals surface area contributed by atoms with E-state index in [4.69, 9.17) is 5.11 Å². The molecule has 0 bridgehead atoms. The van der Waals surface area contributed by atoms with Crippen LogP contribution in [0.5, 0.6) is 0 Å². The lowest BCUT2D eigenvalue weighted by molar-refractivity contribution is -0.346. The fourth-order valence-corrected chi connectivity index (χ4v) is 1.94. The maximum atomic E-state index is 14.1. The van der Waals surface area contributed by atoms with Crippen LogP contribution in [-0.4, -0.2) is 70.9 Å². The van der Waals surface area contributed by atoms with E-state index in [1.807, 2.05) is 0 Å². The molecule has 0 aromatic carbocycles. The SMILES string of the molecule is O=C(C[C@@](F)(C(F)(F)F)C(F)(F)CC(=O)[C@](F)(CO)C(F)(F)F)C(F)(F)C(F)(F)C(F)(F)F. The highest BCUT2D eigenvalue weighted by atomic mass is 19.4. The Bertz CT molecular complexity index is 749. The van der Waals surface area contributed by atoms with Crippen LogP contribution in [0.25, 0.3) is 0 Å². The van der Waals surface area contributed by atoms with Gasteiger partial charge in [-0.3, -0.25) is 9.59 Å². The topological polar surface area (TPSA) is 54.4 Å². The van der Waals surface area contributed by atoms with Crippen LogP contribution >= 0.6 is 0 Å². The molecule has 196 valence electrons. The highest BCUT2D eigenvalue weighted by Crippen LogP contribution is 2.54. The Morgan fingerprint density at radius 1 is 0.545 bits per heavy atom. The minimum atomic E-state index is -7.53. The summed E-state index contributed by atoms with van der Waals surface area (Å²) in [7, 11) is 0. The zero-order valence-corrected chi connectivity index (χ0v) is 14.8. The molecule has 0 heterocycles. The van der Waals surface area contributed by atoms with Crippen molar-refractivity contribution in [1.29, 1.82) is 0 Å². The highest BCUT2D eigenvalue weighted by Gasteiger charge is 2.79. The minimum Gasteiger partial charge on any atom is -0.392 e. The average Bonchev–Trinajstić information content (AvgIpc) is 2.56. The number of aliphatic hydroxyl groups excluding tert-OH is 1. The van der Waals surface area contributed by atoms with Crippen LogP contribution in [0.1, 0.15) is 12.8 Å². The summed E-state index contributed by atoms with van der Waals surface area (Å²) in [6, 6.07) is 0. The molecule has 20 heteroatoms. The average molecular weight is 534 g/mol. The van der Waals surface area contributed by atoms with E-state index in [1.165, 1.54) is 0 Å². The van der Waals surface area contributed by atoms with Crippen molar-refractivity contribution >= 4 is 11.6 Å². The number of halogens is 17. The van der Waals surface area contributed by atoms with Crippen molar-refractivity contribution in [3.05, 3.63) is 0 Å². The van der Waals surface area contributed by atoms with E-state index in [0.717, 1.165) is 0 Å². The number of hydrogen-bond donors (Lipinski definition) is 1. The predicted octanol–water partition coefficient (Wildman–Crippen LogP) is 4.91. The molecule has 0 saturated heterocycles. The van der Waals surface area contributed by atoms with Crippen LogP contribution < -0.4 is 0 Å². The number of aliphatic hydroxyl groups is 1. The number of ketones is 2. The lowest BCUT2D eigenvalue weighted by Crippen LogP contribution is -2.63. The quantitative estimate of drug-likeness (QED) is 0.429. The van der Waals surface area contributed by atoms with Gasteiger partial charge in [-0.25, -0.2) is 17.6 Å². The smallest absolute Gasteiger partial charge is 0.392 e. The second-order valence-corrected chi connectivity index (χ2v) is 6.31. The Labute approximate surface area is 169 Å². The second kappa shape index (κ2) is 8.40. The lowest BCUT2D eigenvalue weighted by atomic mass is 9.83. The molecule has 0 spiro atoms. The first-order valence-electron chi connectivity index (χ1n) is 7.45. The molecule has 33 heavy (non-hydrogen) atoms. The number of carbonyl (C=O) groups excluding carboxylic acids is 2. The van der Waals surface area contributed by atoms with Crippen LogP contribution in [0.15, 0.2) is 0 Å². The Morgan fingerprint density at radius 2 is 0.939 bits per heavy atom. The van der Waals surface area contributed by atoms with Gasteiger partial charge in [-0.05, 0) is 0 Å². The van der Waals surface area contributed by atoms with E-state index in [-0.39, 0.29) is 0 Å². The van der Waals surface area contributed by atoms with E-state index in [9.17, 15) is 84.2 Å². The van der Waals surface area contributed by atoms with Crippen molar-refractivity contribution < 1.29 is 89.3 Å². The van der Waals surface area contributed by atoms with Crippen molar-refractivity contribution in [2.75, 3.05) is 6.61 Å². The second-order valence-electron chi connectivity index (χ2n) is 6.31. The molecule has 0 radical (unpaired) electrons. The molecule has 0 aromatic rings. The number of rotatable bonds is 9. The van der Waals surface area contributed by atoms with Crippen molar-refractivity contribution in [2.24, 2.45) is 0 Å². The van der Waals surface area contributed by atoms with Crippen LogP contribution in [0.4, 0.5) is 74.6 Å². The summed E-state index contributed by atoms with van der Waals surface area (Å²) in [4.78, 5) is 22.1. The van der Waals surface area contributed by atoms with E-state index in [2.05, 4.69) is 0 Å². The highest BCUT2D eigenvalue weighted by molar-refractivity contribution is 5.90. The third-order valence-corrected chi connectivity index (χ3v) is 4.03. The minimum absolute atomic E-state index is 3.05. The van der Waals surface area contributed by atoms with Gasteiger partial charge < -0.3 is 5.11 Å². The predicted molar refractivity (Wildman–Crippen MR) is 67.0 cm³/mol.